The monoisotopic (exact) mass is 501 g/mol. The summed E-state index contributed by atoms with van der Waals surface area (Å²) < 4.78 is 81.4. The Hall–Kier alpha value is -3.04. The second-order valence-electron chi connectivity index (χ2n) is 6.99. The fraction of sp³-hybridized carbons (Fsp3) is 0.0909. The average molecular weight is 502 g/mol. The number of imidazole rings is 1. The molecular formula is C22H11Cl2F6N3. The first-order chi connectivity index (χ1) is 15.4. The van der Waals surface area contributed by atoms with Gasteiger partial charge in [0.2, 0.25) is 0 Å². The maximum Gasteiger partial charge on any atom is 0.416 e. The van der Waals surface area contributed by atoms with Gasteiger partial charge in [-0.15, -0.1) is 0 Å². The van der Waals surface area contributed by atoms with Crippen LogP contribution in [0.25, 0.3) is 28.1 Å². The molecule has 2 heterocycles. The molecule has 0 bridgehead atoms. The van der Waals surface area contributed by atoms with Crippen molar-refractivity contribution in [2.75, 3.05) is 0 Å². The van der Waals surface area contributed by atoms with Gasteiger partial charge in [0.1, 0.15) is 0 Å². The number of benzene rings is 2. The molecule has 4 aromatic rings. The highest BCUT2D eigenvalue weighted by molar-refractivity contribution is 6.35. The van der Waals surface area contributed by atoms with E-state index in [1.807, 2.05) is 0 Å². The van der Waals surface area contributed by atoms with Crippen LogP contribution in [-0.2, 0) is 12.4 Å². The zero-order chi connectivity index (χ0) is 24.0. The van der Waals surface area contributed by atoms with Gasteiger partial charge in [0, 0.05) is 27.4 Å². The van der Waals surface area contributed by atoms with Gasteiger partial charge in [0.15, 0.2) is 0 Å². The Morgan fingerprint density at radius 1 is 0.697 bits per heavy atom. The molecule has 0 aliphatic rings. The number of rotatable bonds is 3. The Morgan fingerprint density at radius 2 is 1.30 bits per heavy atom. The van der Waals surface area contributed by atoms with Gasteiger partial charge in [0.05, 0.1) is 41.2 Å². The summed E-state index contributed by atoms with van der Waals surface area (Å²) in [6, 6.07) is 7.76. The summed E-state index contributed by atoms with van der Waals surface area (Å²) >= 11 is 12.2. The molecule has 0 radical (unpaired) electrons. The standard InChI is InChI=1S/C22H11Cl2F6N3/c23-16-5-12(6-17(24)8-16)18-1-2-31-10-20(18)33-11-32-9-19(33)13-3-14(21(25,26)27)7-15(4-13)22(28,29)30/h1-11H. The van der Waals surface area contributed by atoms with Crippen molar-refractivity contribution in [1.29, 1.82) is 0 Å². The van der Waals surface area contributed by atoms with Gasteiger partial charge in [0.25, 0.3) is 0 Å². The van der Waals surface area contributed by atoms with Crippen LogP contribution in [0.3, 0.4) is 0 Å². The molecule has 0 fully saturated rings. The number of hydrogen-bond donors (Lipinski definition) is 0. The third kappa shape index (κ3) is 4.84. The maximum atomic E-state index is 13.3. The van der Waals surface area contributed by atoms with E-state index in [4.69, 9.17) is 23.2 Å². The number of nitrogens with zero attached hydrogens (tertiary/aromatic N) is 3. The molecule has 170 valence electrons. The van der Waals surface area contributed by atoms with Crippen molar-refractivity contribution in [1.82, 2.24) is 14.5 Å². The largest absolute Gasteiger partial charge is 0.416 e. The van der Waals surface area contributed by atoms with Crippen molar-refractivity contribution in [3.8, 4) is 28.1 Å². The Bertz CT molecular complexity index is 1280. The lowest BCUT2D eigenvalue weighted by atomic mass is 10.0. The third-order valence-corrected chi connectivity index (χ3v) is 5.19. The Balaban J connectivity index is 1.93. The molecule has 0 unspecified atom stereocenters. The van der Waals surface area contributed by atoms with Crippen molar-refractivity contribution in [3.05, 3.63) is 88.6 Å². The number of pyridine rings is 1. The minimum Gasteiger partial charge on any atom is -0.297 e. The molecule has 0 amide bonds. The van der Waals surface area contributed by atoms with Crippen LogP contribution in [0.4, 0.5) is 26.3 Å². The average Bonchev–Trinajstić information content (AvgIpc) is 3.21. The molecule has 0 atom stereocenters. The molecule has 4 rings (SSSR count). The van der Waals surface area contributed by atoms with Crippen LogP contribution in [0.1, 0.15) is 11.1 Å². The smallest absolute Gasteiger partial charge is 0.297 e. The van der Waals surface area contributed by atoms with Crippen LogP contribution in [0, 0.1) is 0 Å². The van der Waals surface area contributed by atoms with Crippen molar-refractivity contribution >= 4 is 23.2 Å². The summed E-state index contributed by atoms with van der Waals surface area (Å²) in [6.07, 6.45) is -4.60. The lowest BCUT2D eigenvalue weighted by molar-refractivity contribution is -0.143. The Morgan fingerprint density at radius 3 is 1.88 bits per heavy atom. The molecule has 0 saturated heterocycles. The van der Waals surface area contributed by atoms with Gasteiger partial charge < -0.3 is 0 Å². The molecule has 0 spiro atoms. The second-order valence-corrected chi connectivity index (χ2v) is 7.87. The normalized spacial score (nSPS) is 12.2. The van der Waals surface area contributed by atoms with Gasteiger partial charge in [-0.3, -0.25) is 9.55 Å². The van der Waals surface area contributed by atoms with Crippen molar-refractivity contribution in [3.63, 3.8) is 0 Å². The van der Waals surface area contributed by atoms with Gasteiger partial charge >= 0.3 is 12.4 Å². The molecule has 0 aliphatic heterocycles. The zero-order valence-electron chi connectivity index (χ0n) is 16.2. The van der Waals surface area contributed by atoms with E-state index in [-0.39, 0.29) is 17.3 Å². The van der Waals surface area contributed by atoms with E-state index >= 15 is 0 Å². The number of aromatic nitrogens is 3. The molecule has 0 N–H and O–H groups in total. The molecule has 11 heteroatoms. The first kappa shape index (κ1) is 23.1. The number of hydrogen-bond acceptors (Lipinski definition) is 2. The Kier molecular flexibility index (Phi) is 5.88. The summed E-state index contributed by atoms with van der Waals surface area (Å²) in [5, 5.41) is 0.692. The van der Waals surface area contributed by atoms with Crippen molar-refractivity contribution in [2.24, 2.45) is 0 Å². The van der Waals surface area contributed by atoms with Gasteiger partial charge in [-0.2, -0.15) is 26.3 Å². The lowest BCUT2D eigenvalue weighted by Gasteiger charge is -2.17. The van der Waals surface area contributed by atoms with E-state index in [2.05, 4.69) is 9.97 Å². The van der Waals surface area contributed by atoms with E-state index in [1.54, 1.807) is 18.2 Å². The first-order valence-corrected chi connectivity index (χ1v) is 9.92. The van der Waals surface area contributed by atoms with Crippen LogP contribution < -0.4 is 0 Å². The molecule has 3 nitrogen and oxygen atoms in total. The van der Waals surface area contributed by atoms with Gasteiger partial charge in [-0.25, -0.2) is 4.98 Å². The molecule has 2 aromatic carbocycles. The van der Waals surface area contributed by atoms with Gasteiger partial charge in [-0.05, 0) is 48.0 Å². The highest BCUT2D eigenvalue weighted by atomic mass is 35.5. The van der Waals surface area contributed by atoms with Crippen molar-refractivity contribution in [2.45, 2.75) is 12.4 Å². The van der Waals surface area contributed by atoms with Crippen LogP contribution in [0.5, 0.6) is 0 Å². The SMILES string of the molecule is FC(F)(F)c1cc(-c2cncn2-c2cnccc2-c2cc(Cl)cc(Cl)c2)cc(C(F)(F)F)c1. The predicted octanol–water partition coefficient (Wildman–Crippen LogP) is 7.95. The molecule has 2 aromatic heterocycles. The van der Waals surface area contributed by atoms with Crippen LogP contribution >= 0.6 is 23.2 Å². The van der Waals surface area contributed by atoms with Crippen molar-refractivity contribution < 1.29 is 26.3 Å². The van der Waals surface area contributed by atoms with Crippen LogP contribution in [-0.4, -0.2) is 14.5 Å². The molecule has 0 saturated carbocycles. The van der Waals surface area contributed by atoms with E-state index in [0.29, 0.717) is 39.0 Å². The molecular weight excluding hydrogens is 491 g/mol. The molecule has 33 heavy (non-hydrogen) atoms. The van der Waals surface area contributed by atoms with Gasteiger partial charge in [-0.1, -0.05) is 23.2 Å². The lowest BCUT2D eigenvalue weighted by Crippen LogP contribution is -2.11. The fourth-order valence-corrected chi connectivity index (χ4v) is 3.86. The maximum absolute atomic E-state index is 13.3. The predicted molar refractivity (Wildman–Crippen MR) is 112 cm³/mol. The number of alkyl halides is 6. The minimum absolute atomic E-state index is 0.00831. The third-order valence-electron chi connectivity index (χ3n) is 4.76. The van der Waals surface area contributed by atoms with E-state index in [1.165, 1.54) is 35.6 Å². The molecule has 0 aliphatic carbocycles. The number of halogens is 8. The summed E-state index contributed by atoms with van der Waals surface area (Å²) in [5.41, 5.74) is -1.68. The zero-order valence-corrected chi connectivity index (χ0v) is 17.7. The first-order valence-electron chi connectivity index (χ1n) is 9.16. The summed E-state index contributed by atoms with van der Waals surface area (Å²) in [5.74, 6) is 0. The Labute approximate surface area is 193 Å². The summed E-state index contributed by atoms with van der Waals surface area (Å²) in [4.78, 5) is 7.99. The highest BCUT2D eigenvalue weighted by Gasteiger charge is 2.37. The summed E-state index contributed by atoms with van der Waals surface area (Å²) in [6.45, 7) is 0. The van der Waals surface area contributed by atoms with E-state index < -0.39 is 23.5 Å². The highest BCUT2D eigenvalue weighted by Crippen LogP contribution is 2.40. The minimum atomic E-state index is -4.97. The van der Waals surface area contributed by atoms with E-state index in [0.717, 1.165) is 0 Å². The summed E-state index contributed by atoms with van der Waals surface area (Å²) in [7, 11) is 0. The topological polar surface area (TPSA) is 30.7 Å². The second kappa shape index (κ2) is 8.39. The quantitative estimate of drug-likeness (QED) is 0.266. The van der Waals surface area contributed by atoms with Crippen LogP contribution in [0.2, 0.25) is 10.0 Å². The van der Waals surface area contributed by atoms with Crippen LogP contribution in [0.15, 0.2) is 67.4 Å². The van der Waals surface area contributed by atoms with E-state index in [9.17, 15) is 26.3 Å². The fourth-order valence-electron chi connectivity index (χ4n) is 3.33.